The molecule has 0 aliphatic carbocycles. The van der Waals surface area contributed by atoms with Crippen LogP contribution in [0.1, 0.15) is 30.6 Å². The lowest BCUT2D eigenvalue weighted by molar-refractivity contribution is -0.123. The van der Waals surface area contributed by atoms with Crippen LogP contribution in [0.15, 0.2) is 60.7 Å². The highest BCUT2D eigenvalue weighted by molar-refractivity contribution is 6.69. The van der Waals surface area contributed by atoms with E-state index in [2.05, 4.69) is 63.0 Å². The first-order valence-corrected chi connectivity index (χ1v) is 11.8. The summed E-state index contributed by atoms with van der Waals surface area (Å²) in [4.78, 5) is 0. The maximum atomic E-state index is 6.27. The molecule has 2 nitrogen and oxygen atoms in total. The summed E-state index contributed by atoms with van der Waals surface area (Å²) in [5.41, 5.74) is 2.52. The molecule has 0 spiro atoms. The Balaban J connectivity index is 1.99. The van der Waals surface area contributed by atoms with E-state index >= 15 is 0 Å². The Labute approximate surface area is 141 Å². The number of rotatable bonds is 8. The number of ether oxygens (including phenoxy) is 1. The summed E-state index contributed by atoms with van der Waals surface area (Å²) in [6.45, 7) is 8.72. The summed E-state index contributed by atoms with van der Waals surface area (Å²) < 4.78 is 12.5. The molecule has 0 radical (unpaired) electrons. The molecule has 2 rings (SSSR count). The van der Waals surface area contributed by atoms with Gasteiger partial charge < -0.3 is 9.16 Å². The Morgan fingerprint density at radius 3 is 2.00 bits per heavy atom. The van der Waals surface area contributed by atoms with E-state index in [0.717, 1.165) is 12.8 Å². The third kappa shape index (κ3) is 6.69. The van der Waals surface area contributed by atoms with Crippen LogP contribution in [0.5, 0.6) is 0 Å². The fraction of sp³-hybridized carbons (Fsp3) is 0.400. The Morgan fingerprint density at radius 1 is 0.870 bits per heavy atom. The van der Waals surface area contributed by atoms with Crippen molar-refractivity contribution in [1.82, 2.24) is 0 Å². The first kappa shape index (κ1) is 17.9. The van der Waals surface area contributed by atoms with E-state index in [0.29, 0.717) is 0 Å². The quantitative estimate of drug-likeness (QED) is 0.465. The third-order valence-corrected chi connectivity index (χ3v) is 4.59. The van der Waals surface area contributed by atoms with Gasteiger partial charge in [-0.2, -0.15) is 0 Å². The zero-order valence-corrected chi connectivity index (χ0v) is 15.7. The van der Waals surface area contributed by atoms with Crippen molar-refractivity contribution in [3.05, 3.63) is 71.8 Å². The van der Waals surface area contributed by atoms with E-state index in [1.807, 2.05) is 24.3 Å². The third-order valence-electron chi connectivity index (χ3n) is 3.62. The van der Waals surface area contributed by atoms with Gasteiger partial charge in [0.05, 0.1) is 6.10 Å². The van der Waals surface area contributed by atoms with Crippen molar-refractivity contribution >= 4 is 8.32 Å². The molecule has 0 saturated carbocycles. The molecule has 0 saturated heterocycles. The zero-order valence-electron chi connectivity index (χ0n) is 14.7. The molecule has 3 heteroatoms. The van der Waals surface area contributed by atoms with Crippen molar-refractivity contribution < 1.29 is 9.16 Å². The van der Waals surface area contributed by atoms with Gasteiger partial charge in [-0.1, -0.05) is 60.7 Å². The van der Waals surface area contributed by atoms with E-state index in [1.54, 1.807) is 0 Å². The Hall–Kier alpha value is -1.42. The summed E-state index contributed by atoms with van der Waals surface area (Å²) in [6, 6.07) is 20.9. The zero-order chi connectivity index (χ0) is 16.7. The lowest BCUT2D eigenvalue weighted by Gasteiger charge is -2.29. The van der Waals surface area contributed by atoms with Gasteiger partial charge in [0.1, 0.15) is 6.29 Å². The second kappa shape index (κ2) is 8.43. The van der Waals surface area contributed by atoms with Gasteiger partial charge in [-0.3, -0.25) is 0 Å². The minimum absolute atomic E-state index is 0.0355. The molecular formula is C20H28O2Si. The fourth-order valence-electron chi connectivity index (χ4n) is 2.51. The first-order chi connectivity index (χ1) is 10.9. The highest BCUT2D eigenvalue weighted by atomic mass is 28.4. The lowest BCUT2D eigenvalue weighted by atomic mass is 10.1. The smallest absolute Gasteiger partial charge is 0.187 e. The highest BCUT2D eigenvalue weighted by Crippen LogP contribution is 2.23. The molecule has 2 aromatic rings. The maximum Gasteiger partial charge on any atom is 0.187 e. The average molecular weight is 329 g/mol. The van der Waals surface area contributed by atoms with Crippen LogP contribution >= 0.6 is 0 Å². The molecule has 0 amide bonds. The van der Waals surface area contributed by atoms with Crippen LogP contribution in [0.4, 0.5) is 0 Å². The van der Waals surface area contributed by atoms with Crippen molar-refractivity contribution in [3.8, 4) is 0 Å². The monoisotopic (exact) mass is 328 g/mol. The molecule has 0 bridgehead atoms. The van der Waals surface area contributed by atoms with E-state index in [1.165, 1.54) is 11.1 Å². The van der Waals surface area contributed by atoms with E-state index < -0.39 is 8.32 Å². The minimum atomic E-state index is -1.65. The topological polar surface area (TPSA) is 18.5 Å². The number of benzene rings is 2. The van der Waals surface area contributed by atoms with Crippen molar-refractivity contribution in [2.45, 2.75) is 51.8 Å². The van der Waals surface area contributed by atoms with E-state index in [4.69, 9.17) is 9.16 Å². The van der Waals surface area contributed by atoms with Crippen molar-refractivity contribution in [1.29, 1.82) is 0 Å². The Morgan fingerprint density at radius 2 is 1.43 bits per heavy atom. The summed E-state index contributed by atoms with van der Waals surface area (Å²) in [7, 11) is -1.65. The van der Waals surface area contributed by atoms with Crippen LogP contribution in [0, 0.1) is 0 Å². The largest absolute Gasteiger partial charge is 0.393 e. The summed E-state index contributed by atoms with van der Waals surface area (Å²) in [6.07, 6.45) is 1.73. The second-order valence-electron chi connectivity index (χ2n) is 6.87. The molecule has 0 aromatic heterocycles. The van der Waals surface area contributed by atoms with Gasteiger partial charge in [0.15, 0.2) is 8.32 Å². The summed E-state index contributed by atoms with van der Waals surface area (Å²) >= 11 is 0. The number of hydrogen-bond acceptors (Lipinski definition) is 2. The molecule has 2 aromatic carbocycles. The standard InChI is InChI=1S/C20H28O2Si/c1-17(19-13-9-6-10-14-19)21-20(22-23(2,3)4)16-15-18-11-7-5-8-12-18/h5-14,17,20H,15-16H2,1-4H3/t17-,20+/m1/s1. The van der Waals surface area contributed by atoms with Gasteiger partial charge >= 0.3 is 0 Å². The van der Waals surface area contributed by atoms with Crippen LogP contribution in [-0.2, 0) is 15.6 Å². The van der Waals surface area contributed by atoms with E-state index in [9.17, 15) is 0 Å². The fourth-order valence-corrected chi connectivity index (χ4v) is 3.47. The second-order valence-corrected chi connectivity index (χ2v) is 11.3. The van der Waals surface area contributed by atoms with Gasteiger partial charge in [-0.05, 0) is 44.1 Å². The maximum absolute atomic E-state index is 6.27. The Kier molecular flexibility index (Phi) is 6.57. The predicted molar refractivity (Wildman–Crippen MR) is 98.9 cm³/mol. The van der Waals surface area contributed by atoms with Gasteiger partial charge in [-0.15, -0.1) is 0 Å². The van der Waals surface area contributed by atoms with Crippen molar-refractivity contribution in [3.63, 3.8) is 0 Å². The molecule has 0 fully saturated rings. The minimum Gasteiger partial charge on any atom is -0.393 e. The molecular weight excluding hydrogens is 300 g/mol. The summed E-state index contributed by atoms with van der Waals surface area (Å²) in [5.74, 6) is 0. The normalized spacial score (nSPS) is 14.4. The molecule has 0 unspecified atom stereocenters. The van der Waals surface area contributed by atoms with Crippen LogP contribution in [0.25, 0.3) is 0 Å². The number of hydrogen-bond donors (Lipinski definition) is 0. The summed E-state index contributed by atoms with van der Waals surface area (Å²) in [5, 5.41) is 0. The molecule has 23 heavy (non-hydrogen) atoms. The molecule has 2 atom stereocenters. The van der Waals surface area contributed by atoms with Crippen LogP contribution in [0.3, 0.4) is 0 Å². The molecule has 0 heterocycles. The highest BCUT2D eigenvalue weighted by Gasteiger charge is 2.23. The molecule has 0 aliphatic heterocycles. The van der Waals surface area contributed by atoms with Gasteiger partial charge in [-0.25, -0.2) is 0 Å². The SMILES string of the molecule is C[C@@H](O[C@H](CCc1ccccc1)O[Si](C)(C)C)c1ccccc1. The van der Waals surface area contributed by atoms with Gasteiger partial charge in [0, 0.05) is 6.42 Å². The van der Waals surface area contributed by atoms with Gasteiger partial charge in [0.25, 0.3) is 0 Å². The average Bonchev–Trinajstić information content (AvgIpc) is 2.53. The van der Waals surface area contributed by atoms with Crippen LogP contribution in [-0.4, -0.2) is 14.6 Å². The van der Waals surface area contributed by atoms with Crippen molar-refractivity contribution in [2.24, 2.45) is 0 Å². The Bertz CT molecular complexity index is 563. The first-order valence-electron chi connectivity index (χ1n) is 8.36. The molecule has 0 N–H and O–H groups in total. The van der Waals surface area contributed by atoms with Crippen LogP contribution < -0.4 is 0 Å². The molecule has 124 valence electrons. The van der Waals surface area contributed by atoms with E-state index in [-0.39, 0.29) is 12.4 Å². The lowest BCUT2D eigenvalue weighted by Crippen LogP contribution is -2.34. The van der Waals surface area contributed by atoms with Crippen molar-refractivity contribution in [2.75, 3.05) is 0 Å². The number of aryl methyl sites for hydroxylation is 1. The molecule has 0 aliphatic rings. The van der Waals surface area contributed by atoms with Crippen LogP contribution in [0.2, 0.25) is 19.6 Å². The predicted octanol–water partition coefficient (Wildman–Crippen LogP) is 5.57. The van der Waals surface area contributed by atoms with Gasteiger partial charge in [0.2, 0.25) is 0 Å².